The number of hydrogen-bond acceptors (Lipinski definition) is 10. The third-order valence-corrected chi connectivity index (χ3v) is 8.00. The first-order chi connectivity index (χ1) is 20.8. The number of benzene rings is 3. The molecular weight excluding hydrogens is 570 g/mol. The fourth-order valence-electron chi connectivity index (χ4n) is 3.79. The zero-order valence-electron chi connectivity index (χ0n) is 23.5. The van der Waals surface area contributed by atoms with Crippen molar-refractivity contribution in [3.63, 3.8) is 0 Å². The van der Waals surface area contributed by atoms with Gasteiger partial charge in [-0.3, -0.25) is 0 Å². The highest BCUT2D eigenvalue weighted by atomic mass is 32.2. The number of sulfonamides is 1. The molecule has 0 saturated carbocycles. The monoisotopic (exact) mass is 599 g/mol. The largest absolute Gasteiger partial charge is 0.491 e. The van der Waals surface area contributed by atoms with Gasteiger partial charge in [0.25, 0.3) is 0 Å². The summed E-state index contributed by atoms with van der Waals surface area (Å²) in [5.74, 6) is 0.849. The van der Waals surface area contributed by atoms with Gasteiger partial charge in [-0.15, -0.1) is 0 Å². The van der Waals surface area contributed by atoms with Gasteiger partial charge in [0.15, 0.2) is 0 Å². The molecule has 11 nitrogen and oxygen atoms in total. The lowest BCUT2D eigenvalue weighted by atomic mass is 10.1. The predicted molar refractivity (Wildman–Crippen MR) is 154 cm³/mol. The molecule has 0 spiro atoms. The van der Waals surface area contributed by atoms with Gasteiger partial charge in [0.2, 0.25) is 10.0 Å². The minimum atomic E-state index is -3.82. The first kappa shape index (κ1) is 32.6. The van der Waals surface area contributed by atoms with E-state index < -0.39 is 10.0 Å². The highest BCUT2D eigenvalue weighted by molar-refractivity contribution is 7.89. The second-order valence-corrected chi connectivity index (χ2v) is 10.9. The van der Waals surface area contributed by atoms with E-state index in [1.807, 2.05) is 31.2 Å². The summed E-state index contributed by atoms with van der Waals surface area (Å²) in [6.45, 7) is 2.93. The van der Waals surface area contributed by atoms with Gasteiger partial charge in [0.1, 0.15) is 49.0 Å². The summed E-state index contributed by atoms with van der Waals surface area (Å²) in [7, 11) is -3.82. The van der Waals surface area contributed by atoms with E-state index in [9.17, 15) is 8.42 Å². The Morgan fingerprint density at radius 2 is 1.05 bits per heavy atom. The number of aryl methyl sites for hydroxylation is 1. The number of nitrogens with zero attached hydrogens (tertiary/aromatic N) is 5. The minimum absolute atomic E-state index is 0.0771. The van der Waals surface area contributed by atoms with Crippen molar-refractivity contribution in [2.24, 2.45) is 0 Å². The molecular formula is C31H29N5O6S. The van der Waals surface area contributed by atoms with Crippen molar-refractivity contribution in [2.45, 2.75) is 11.8 Å². The van der Waals surface area contributed by atoms with Crippen molar-refractivity contribution >= 4 is 10.0 Å². The Morgan fingerprint density at radius 1 is 0.605 bits per heavy atom. The summed E-state index contributed by atoms with van der Waals surface area (Å²) in [6.07, 6.45) is 0. The number of ether oxygens (including phenoxy) is 4. The minimum Gasteiger partial charge on any atom is -0.491 e. The summed E-state index contributed by atoms with van der Waals surface area (Å²) in [6, 6.07) is 23.5. The molecule has 3 aromatic carbocycles. The third-order valence-electron chi connectivity index (χ3n) is 6.09. The second-order valence-electron chi connectivity index (χ2n) is 9.00. The Kier molecular flexibility index (Phi) is 12.5. The molecule has 0 atom stereocenters. The molecule has 0 N–H and O–H groups in total. The van der Waals surface area contributed by atoms with Crippen LogP contribution in [0.15, 0.2) is 65.6 Å². The van der Waals surface area contributed by atoms with Crippen LogP contribution in [-0.4, -0.2) is 65.5 Å². The van der Waals surface area contributed by atoms with E-state index in [0.717, 1.165) is 5.56 Å². The highest BCUT2D eigenvalue weighted by Crippen LogP contribution is 2.19. The number of hydrogen-bond donors (Lipinski definition) is 0. The van der Waals surface area contributed by atoms with E-state index in [1.54, 1.807) is 36.4 Å². The molecule has 43 heavy (non-hydrogen) atoms. The molecule has 220 valence electrons. The van der Waals surface area contributed by atoms with Gasteiger partial charge >= 0.3 is 0 Å². The molecule has 12 heteroatoms. The first-order valence-electron chi connectivity index (χ1n) is 13.2. The fourth-order valence-corrected chi connectivity index (χ4v) is 5.20. The van der Waals surface area contributed by atoms with Crippen LogP contribution in [0.1, 0.15) is 27.8 Å². The lowest BCUT2D eigenvalue weighted by molar-refractivity contribution is 0.0748. The van der Waals surface area contributed by atoms with E-state index in [1.165, 1.54) is 28.6 Å². The molecule has 0 aliphatic heterocycles. The Hall–Kier alpha value is -4.95. The number of nitriles is 4. The lowest BCUT2D eigenvalue weighted by Crippen LogP contribution is -2.37. The van der Waals surface area contributed by atoms with Gasteiger partial charge in [-0.1, -0.05) is 17.7 Å². The fraction of sp³-hybridized carbons (Fsp3) is 0.290. The highest BCUT2D eigenvalue weighted by Gasteiger charge is 2.24. The second kappa shape index (κ2) is 16.5. The van der Waals surface area contributed by atoms with Gasteiger partial charge in [-0.2, -0.15) is 25.4 Å². The zero-order chi connectivity index (χ0) is 31.1. The van der Waals surface area contributed by atoms with E-state index in [-0.39, 0.29) is 79.9 Å². The maximum Gasteiger partial charge on any atom is 0.243 e. The van der Waals surface area contributed by atoms with Gasteiger partial charge < -0.3 is 18.9 Å². The smallest absolute Gasteiger partial charge is 0.243 e. The van der Waals surface area contributed by atoms with Crippen LogP contribution >= 0.6 is 0 Å². The molecule has 3 rings (SSSR count). The van der Waals surface area contributed by atoms with Crippen molar-refractivity contribution in [3.8, 4) is 35.8 Å². The maximum atomic E-state index is 13.3. The van der Waals surface area contributed by atoms with Gasteiger partial charge in [-0.05, 0) is 55.5 Å². The molecule has 0 bridgehead atoms. The van der Waals surface area contributed by atoms with E-state index >= 15 is 0 Å². The summed E-state index contributed by atoms with van der Waals surface area (Å²) in [4.78, 5) is 0.160. The van der Waals surface area contributed by atoms with Crippen molar-refractivity contribution in [1.82, 2.24) is 4.31 Å². The molecule has 0 amide bonds. The van der Waals surface area contributed by atoms with Crippen LogP contribution in [0.4, 0.5) is 0 Å². The van der Waals surface area contributed by atoms with Crippen LogP contribution in [0.2, 0.25) is 0 Å². The average molecular weight is 600 g/mol. The summed E-state index contributed by atoms with van der Waals surface area (Å²) in [5, 5.41) is 36.3. The molecule has 0 aliphatic rings. The number of rotatable bonds is 16. The molecule has 3 aromatic rings. The molecule has 0 heterocycles. The molecule has 0 saturated heterocycles. The summed E-state index contributed by atoms with van der Waals surface area (Å²) < 4.78 is 50.4. The summed E-state index contributed by atoms with van der Waals surface area (Å²) in [5.41, 5.74) is 1.89. The average Bonchev–Trinajstić information content (AvgIpc) is 3.02. The standard InChI is InChI=1S/C31H29N5O6S/c1-24-2-8-31(9-3-24)43(37,38)36(10-12-39-14-16-41-29-6-4-25(20-32)27(18-29)22-34)11-13-40-15-17-42-30-7-5-26(21-33)28(19-30)23-35/h2-9,18-19H,10-17H2,1H3. The Bertz CT molecular complexity index is 1580. The van der Waals surface area contributed by atoms with Crippen molar-refractivity contribution in [2.75, 3.05) is 52.7 Å². The van der Waals surface area contributed by atoms with E-state index in [4.69, 9.17) is 40.0 Å². The van der Waals surface area contributed by atoms with Gasteiger partial charge in [0.05, 0.1) is 53.6 Å². The maximum absolute atomic E-state index is 13.3. The van der Waals surface area contributed by atoms with E-state index in [0.29, 0.717) is 11.5 Å². The van der Waals surface area contributed by atoms with Gasteiger partial charge in [0, 0.05) is 13.1 Å². The molecule has 0 fully saturated rings. The van der Waals surface area contributed by atoms with Crippen molar-refractivity contribution in [1.29, 1.82) is 21.0 Å². The van der Waals surface area contributed by atoms with Crippen molar-refractivity contribution < 1.29 is 27.4 Å². The Labute approximate surface area is 251 Å². The predicted octanol–water partition coefficient (Wildman–Crippen LogP) is 3.66. The summed E-state index contributed by atoms with van der Waals surface area (Å²) >= 11 is 0. The van der Waals surface area contributed by atoms with Crippen molar-refractivity contribution in [3.05, 3.63) is 88.5 Å². The van der Waals surface area contributed by atoms with Gasteiger partial charge in [-0.25, -0.2) is 8.42 Å². The molecule has 0 radical (unpaired) electrons. The Balaban J connectivity index is 1.49. The van der Waals surface area contributed by atoms with Crippen LogP contribution in [0.3, 0.4) is 0 Å². The van der Waals surface area contributed by atoms with Crippen LogP contribution in [0.5, 0.6) is 11.5 Å². The van der Waals surface area contributed by atoms with Crippen LogP contribution in [0, 0.1) is 52.2 Å². The normalized spacial score (nSPS) is 10.7. The first-order valence-corrected chi connectivity index (χ1v) is 14.6. The quantitative estimate of drug-likeness (QED) is 0.221. The topological polar surface area (TPSA) is 169 Å². The van der Waals surface area contributed by atoms with Crippen LogP contribution < -0.4 is 9.47 Å². The van der Waals surface area contributed by atoms with E-state index in [2.05, 4.69) is 0 Å². The van der Waals surface area contributed by atoms with Crippen LogP contribution in [-0.2, 0) is 19.5 Å². The molecule has 0 unspecified atom stereocenters. The SMILES string of the molecule is Cc1ccc(S(=O)(=O)N(CCOCCOc2ccc(C#N)c(C#N)c2)CCOCCOc2ccc(C#N)c(C#N)c2)cc1. The van der Waals surface area contributed by atoms with Crippen LogP contribution in [0.25, 0.3) is 0 Å². The third kappa shape index (κ3) is 9.55. The molecule has 0 aromatic heterocycles. The Morgan fingerprint density at radius 3 is 1.47 bits per heavy atom. The molecule has 0 aliphatic carbocycles. The lowest BCUT2D eigenvalue weighted by Gasteiger charge is -2.22. The zero-order valence-corrected chi connectivity index (χ0v) is 24.3.